The van der Waals surface area contributed by atoms with Gasteiger partial charge in [-0.1, -0.05) is 20.8 Å². The van der Waals surface area contributed by atoms with Crippen LogP contribution >= 0.6 is 0 Å². The Bertz CT molecular complexity index is 104. The summed E-state index contributed by atoms with van der Waals surface area (Å²) in [6.07, 6.45) is 0.622. The molecule has 1 N–H and O–H groups in total. The Morgan fingerprint density at radius 1 is 1.36 bits per heavy atom. The topological polar surface area (TPSA) is 20.2 Å². The van der Waals surface area contributed by atoms with Crippen molar-refractivity contribution in [3.8, 4) is 0 Å². The highest BCUT2D eigenvalue weighted by Gasteiger charge is 2.06. The van der Waals surface area contributed by atoms with Crippen molar-refractivity contribution in [2.75, 3.05) is 0 Å². The number of alkyl halides is 1. The molecular formula is C9H19FO. The molecule has 2 unspecified atom stereocenters. The van der Waals surface area contributed by atoms with Crippen molar-refractivity contribution in [2.45, 2.75) is 40.8 Å². The monoisotopic (exact) mass is 162 g/mol. The SMILES string of the molecule is C/C(O)=C/C(C)C(C)F.CC. The molecule has 0 aliphatic rings. The van der Waals surface area contributed by atoms with Gasteiger partial charge in [-0.3, -0.25) is 0 Å². The number of rotatable bonds is 2. The summed E-state index contributed by atoms with van der Waals surface area (Å²) in [6.45, 7) is 8.74. The van der Waals surface area contributed by atoms with Crippen LogP contribution in [0.15, 0.2) is 11.8 Å². The summed E-state index contributed by atoms with van der Waals surface area (Å²) in [4.78, 5) is 0. The normalized spacial score (nSPS) is 16.4. The van der Waals surface area contributed by atoms with Crippen molar-refractivity contribution < 1.29 is 9.50 Å². The predicted molar refractivity (Wildman–Crippen MR) is 47.5 cm³/mol. The average molecular weight is 162 g/mol. The number of aliphatic hydroxyl groups excluding tert-OH is 1. The number of hydrogen-bond acceptors (Lipinski definition) is 1. The van der Waals surface area contributed by atoms with Crippen LogP contribution < -0.4 is 0 Å². The van der Waals surface area contributed by atoms with Crippen molar-refractivity contribution in [3.63, 3.8) is 0 Å². The van der Waals surface area contributed by atoms with E-state index in [0.29, 0.717) is 0 Å². The second-order valence-electron chi connectivity index (χ2n) is 2.34. The maximum Gasteiger partial charge on any atom is 0.103 e. The molecule has 0 aromatic carbocycles. The molecule has 68 valence electrons. The molecule has 0 aromatic heterocycles. The number of halogens is 1. The van der Waals surface area contributed by atoms with Gasteiger partial charge in [0.15, 0.2) is 0 Å². The lowest BCUT2D eigenvalue weighted by atomic mass is 10.1. The quantitative estimate of drug-likeness (QED) is 0.616. The van der Waals surface area contributed by atoms with E-state index in [-0.39, 0.29) is 11.7 Å². The first-order valence-electron chi connectivity index (χ1n) is 4.05. The van der Waals surface area contributed by atoms with E-state index in [4.69, 9.17) is 5.11 Å². The molecule has 0 rings (SSSR count). The number of hydrogen-bond donors (Lipinski definition) is 1. The van der Waals surface area contributed by atoms with E-state index < -0.39 is 6.17 Å². The first kappa shape index (κ1) is 13.1. The highest BCUT2D eigenvalue weighted by molar-refractivity contribution is 4.91. The lowest BCUT2D eigenvalue weighted by molar-refractivity contribution is 0.293. The molecule has 0 amide bonds. The minimum atomic E-state index is -0.882. The van der Waals surface area contributed by atoms with Gasteiger partial charge in [0, 0.05) is 5.92 Å². The van der Waals surface area contributed by atoms with Gasteiger partial charge in [-0.25, -0.2) is 4.39 Å². The van der Waals surface area contributed by atoms with Crippen LogP contribution in [-0.4, -0.2) is 11.3 Å². The summed E-state index contributed by atoms with van der Waals surface area (Å²) in [7, 11) is 0. The summed E-state index contributed by atoms with van der Waals surface area (Å²) >= 11 is 0. The van der Waals surface area contributed by atoms with Gasteiger partial charge in [-0.05, 0) is 19.9 Å². The van der Waals surface area contributed by atoms with Crippen molar-refractivity contribution in [1.29, 1.82) is 0 Å². The standard InChI is InChI=1S/C7H13FO.C2H6/c1-5(7(3)8)4-6(2)9;1-2/h4-5,7,9H,1-3H3;1-2H3/b6-4-;. The van der Waals surface area contributed by atoms with Gasteiger partial charge in [0.1, 0.15) is 6.17 Å². The minimum Gasteiger partial charge on any atom is -0.513 e. The summed E-state index contributed by atoms with van der Waals surface area (Å²) < 4.78 is 12.3. The third-order valence-corrected chi connectivity index (χ3v) is 1.23. The summed E-state index contributed by atoms with van der Waals surface area (Å²) in [5.74, 6) is 0.00185. The van der Waals surface area contributed by atoms with E-state index in [9.17, 15) is 4.39 Å². The van der Waals surface area contributed by atoms with E-state index in [0.717, 1.165) is 0 Å². The van der Waals surface area contributed by atoms with Crippen LogP contribution in [0, 0.1) is 5.92 Å². The second-order valence-corrected chi connectivity index (χ2v) is 2.34. The third kappa shape index (κ3) is 9.47. The molecule has 0 aliphatic heterocycles. The Morgan fingerprint density at radius 2 is 1.73 bits per heavy atom. The van der Waals surface area contributed by atoms with Crippen LogP contribution in [0.5, 0.6) is 0 Å². The maximum atomic E-state index is 12.3. The molecule has 0 fully saturated rings. The molecule has 0 saturated heterocycles. The van der Waals surface area contributed by atoms with Gasteiger partial charge in [-0.2, -0.15) is 0 Å². The van der Waals surface area contributed by atoms with Crippen LogP contribution in [0.4, 0.5) is 4.39 Å². The third-order valence-electron chi connectivity index (χ3n) is 1.23. The average Bonchev–Trinajstić information content (AvgIpc) is 1.90. The second kappa shape index (κ2) is 7.58. The highest BCUT2D eigenvalue weighted by atomic mass is 19.1. The zero-order chi connectivity index (χ0) is 9.44. The van der Waals surface area contributed by atoms with E-state index >= 15 is 0 Å². The number of aliphatic hydroxyl groups is 1. The Balaban J connectivity index is 0. The van der Waals surface area contributed by atoms with Crippen LogP contribution in [0.2, 0.25) is 0 Å². The lowest BCUT2D eigenvalue weighted by Gasteiger charge is -2.05. The van der Waals surface area contributed by atoms with Crippen molar-refractivity contribution >= 4 is 0 Å². The van der Waals surface area contributed by atoms with Gasteiger partial charge in [0.2, 0.25) is 0 Å². The van der Waals surface area contributed by atoms with Crippen molar-refractivity contribution in [2.24, 2.45) is 5.92 Å². The molecule has 2 heteroatoms. The fraction of sp³-hybridized carbons (Fsp3) is 0.778. The molecule has 1 nitrogen and oxygen atoms in total. The Labute approximate surface area is 68.9 Å². The van der Waals surface area contributed by atoms with E-state index in [2.05, 4.69) is 0 Å². The van der Waals surface area contributed by atoms with Crippen molar-refractivity contribution in [3.05, 3.63) is 11.8 Å². The molecule has 0 radical (unpaired) electrons. The summed E-state index contributed by atoms with van der Waals surface area (Å²) in [5, 5.41) is 8.67. The Morgan fingerprint density at radius 3 is 1.82 bits per heavy atom. The molecule has 11 heavy (non-hydrogen) atoms. The van der Waals surface area contributed by atoms with E-state index in [1.54, 1.807) is 13.8 Å². The van der Waals surface area contributed by atoms with Gasteiger partial charge in [0.25, 0.3) is 0 Å². The molecular weight excluding hydrogens is 143 g/mol. The van der Waals surface area contributed by atoms with Gasteiger partial charge >= 0.3 is 0 Å². The molecule has 0 aliphatic carbocycles. The minimum absolute atomic E-state index is 0.185. The Kier molecular flexibility index (Phi) is 9.01. The summed E-state index contributed by atoms with van der Waals surface area (Å²) in [6, 6.07) is 0. The fourth-order valence-corrected chi connectivity index (χ4v) is 0.513. The van der Waals surface area contributed by atoms with Crippen LogP contribution in [-0.2, 0) is 0 Å². The molecule has 2 atom stereocenters. The molecule has 0 spiro atoms. The largest absolute Gasteiger partial charge is 0.513 e. The fourth-order valence-electron chi connectivity index (χ4n) is 0.513. The van der Waals surface area contributed by atoms with E-state index in [1.165, 1.54) is 13.0 Å². The summed E-state index contributed by atoms with van der Waals surface area (Å²) in [5.41, 5.74) is 0. The van der Waals surface area contributed by atoms with Crippen LogP contribution in [0.1, 0.15) is 34.6 Å². The highest BCUT2D eigenvalue weighted by Crippen LogP contribution is 2.08. The molecule has 0 bridgehead atoms. The zero-order valence-corrected chi connectivity index (χ0v) is 8.06. The van der Waals surface area contributed by atoms with Gasteiger partial charge < -0.3 is 5.11 Å². The number of allylic oxidation sites excluding steroid dienone is 2. The zero-order valence-electron chi connectivity index (χ0n) is 8.06. The van der Waals surface area contributed by atoms with Crippen LogP contribution in [0.25, 0.3) is 0 Å². The van der Waals surface area contributed by atoms with Gasteiger partial charge in [-0.15, -0.1) is 0 Å². The molecule has 0 saturated carbocycles. The Hall–Kier alpha value is -0.530. The lowest BCUT2D eigenvalue weighted by Crippen LogP contribution is -2.04. The van der Waals surface area contributed by atoms with Gasteiger partial charge in [0.05, 0.1) is 5.76 Å². The molecule has 0 aromatic rings. The smallest absolute Gasteiger partial charge is 0.103 e. The predicted octanol–water partition coefficient (Wildman–Crippen LogP) is 3.47. The molecule has 0 heterocycles. The van der Waals surface area contributed by atoms with Crippen LogP contribution in [0.3, 0.4) is 0 Å². The first-order valence-corrected chi connectivity index (χ1v) is 4.05. The van der Waals surface area contributed by atoms with Crippen molar-refractivity contribution in [1.82, 2.24) is 0 Å². The maximum absolute atomic E-state index is 12.3. The van der Waals surface area contributed by atoms with E-state index in [1.807, 2.05) is 13.8 Å². The first-order chi connectivity index (χ1) is 5.04.